The number of rotatable bonds is 4. The maximum atomic E-state index is 5.59. The molecule has 1 aliphatic heterocycles. The Morgan fingerprint density at radius 1 is 1.62 bits per heavy atom. The molecule has 0 bridgehead atoms. The van der Waals surface area contributed by atoms with Crippen molar-refractivity contribution in [2.45, 2.75) is 25.5 Å². The molecule has 0 radical (unpaired) electrons. The molecule has 2 unspecified atom stereocenters. The third kappa shape index (κ3) is 4.34. The third-order valence-electron chi connectivity index (χ3n) is 2.67. The lowest BCUT2D eigenvalue weighted by Gasteiger charge is -2.31. The molecule has 2 nitrogen and oxygen atoms in total. The SMILES string of the molecule is CC(CN)CCN1CCSC(C)C1. The van der Waals surface area contributed by atoms with Crippen molar-refractivity contribution in [2.24, 2.45) is 11.7 Å². The molecule has 2 N–H and O–H groups in total. The second-order valence-electron chi connectivity index (χ2n) is 4.11. The van der Waals surface area contributed by atoms with E-state index < -0.39 is 0 Å². The van der Waals surface area contributed by atoms with E-state index in [-0.39, 0.29) is 0 Å². The summed E-state index contributed by atoms with van der Waals surface area (Å²) in [6.45, 7) is 9.17. The van der Waals surface area contributed by atoms with Crippen molar-refractivity contribution in [2.75, 3.05) is 31.9 Å². The summed E-state index contributed by atoms with van der Waals surface area (Å²) < 4.78 is 0. The Kier molecular flexibility index (Phi) is 5.14. The van der Waals surface area contributed by atoms with Crippen molar-refractivity contribution >= 4 is 11.8 Å². The molecule has 0 saturated carbocycles. The van der Waals surface area contributed by atoms with E-state index >= 15 is 0 Å². The maximum absolute atomic E-state index is 5.59. The number of hydrogen-bond donors (Lipinski definition) is 1. The van der Waals surface area contributed by atoms with Gasteiger partial charge in [0.25, 0.3) is 0 Å². The summed E-state index contributed by atoms with van der Waals surface area (Å²) >= 11 is 2.10. The van der Waals surface area contributed by atoms with Crippen molar-refractivity contribution in [3.63, 3.8) is 0 Å². The second-order valence-corrected chi connectivity index (χ2v) is 5.66. The Hall–Kier alpha value is 0.270. The van der Waals surface area contributed by atoms with Gasteiger partial charge in [-0.2, -0.15) is 11.8 Å². The molecule has 78 valence electrons. The molecule has 3 heteroatoms. The van der Waals surface area contributed by atoms with Gasteiger partial charge in [0, 0.05) is 24.1 Å². The zero-order valence-electron chi connectivity index (χ0n) is 8.83. The van der Waals surface area contributed by atoms with Gasteiger partial charge in [-0.3, -0.25) is 0 Å². The summed E-state index contributed by atoms with van der Waals surface area (Å²) in [5, 5.41) is 0.821. The van der Waals surface area contributed by atoms with E-state index in [0.29, 0.717) is 5.92 Å². The van der Waals surface area contributed by atoms with Crippen LogP contribution in [0.15, 0.2) is 0 Å². The summed E-state index contributed by atoms with van der Waals surface area (Å²) in [7, 11) is 0. The van der Waals surface area contributed by atoms with Crippen LogP contribution in [0.1, 0.15) is 20.3 Å². The quantitative estimate of drug-likeness (QED) is 0.747. The summed E-state index contributed by atoms with van der Waals surface area (Å²) in [4.78, 5) is 2.58. The fraction of sp³-hybridized carbons (Fsp3) is 1.00. The van der Waals surface area contributed by atoms with E-state index in [2.05, 4.69) is 30.5 Å². The molecule has 1 aliphatic rings. The third-order valence-corrected chi connectivity index (χ3v) is 3.80. The highest BCUT2D eigenvalue weighted by molar-refractivity contribution is 7.99. The monoisotopic (exact) mass is 202 g/mol. The summed E-state index contributed by atoms with van der Waals surface area (Å²) in [5.41, 5.74) is 5.59. The molecule has 0 aromatic heterocycles. The first kappa shape index (κ1) is 11.3. The van der Waals surface area contributed by atoms with Gasteiger partial charge in [0.1, 0.15) is 0 Å². The van der Waals surface area contributed by atoms with Crippen LogP contribution in [0.3, 0.4) is 0 Å². The minimum Gasteiger partial charge on any atom is -0.330 e. The first-order chi connectivity index (χ1) is 6.22. The molecular weight excluding hydrogens is 180 g/mol. The lowest BCUT2D eigenvalue weighted by Crippen LogP contribution is -2.38. The number of nitrogens with zero attached hydrogens (tertiary/aromatic N) is 1. The highest BCUT2D eigenvalue weighted by Crippen LogP contribution is 2.18. The Morgan fingerprint density at radius 3 is 3.00 bits per heavy atom. The van der Waals surface area contributed by atoms with E-state index in [1.54, 1.807) is 0 Å². The highest BCUT2D eigenvalue weighted by atomic mass is 32.2. The molecule has 0 aromatic rings. The van der Waals surface area contributed by atoms with Crippen molar-refractivity contribution in [1.82, 2.24) is 4.90 Å². The lowest BCUT2D eigenvalue weighted by molar-refractivity contribution is 0.266. The number of thioether (sulfide) groups is 1. The molecule has 2 atom stereocenters. The standard InChI is InChI=1S/C10H22N2S/c1-9(7-11)3-4-12-5-6-13-10(2)8-12/h9-10H,3-8,11H2,1-2H3. The molecule has 0 spiro atoms. The summed E-state index contributed by atoms with van der Waals surface area (Å²) in [6, 6.07) is 0. The molecule has 0 aromatic carbocycles. The van der Waals surface area contributed by atoms with Crippen LogP contribution in [0.4, 0.5) is 0 Å². The number of nitrogens with two attached hydrogens (primary N) is 1. The topological polar surface area (TPSA) is 29.3 Å². The average molecular weight is 202 g/mol. The van der Waals surface area contributed by atoms with Crippen LogP contribution in [0.5, 0.6) is 0 Å². The van der Waals surface area contributed by atoms with Crippen LogP contribution in [0, 0.1) is 5.92 Å². The largest absolute Gasteiger partial charge is 0.330 e. The Bertz CT molecular complexity index is 141. The van der Waals surface area contributed by atoms with Gasteiger partial charge in [0.2, 0.25) is 0 Å². The Balaban J connectivity index is 2.13. The van der Waals surface area contributed by atoms with Gasteiger partial charge in [0.15, 0.2) is 0 Å². The van der Waals surface area contributed by atoms with Crippen molar-refractivity contribution < 1.29 is 0 Å². The normalized spacial score (nSPS) is 27.5. The Morgan fingerprint density at radius 2 is 2.38 bits per heavy atom. The minimum atomic E-state index is 0.685. The van der Waals surface area contributed by atoms with Crippen LogP contribution in [0.2, 0.25) is 0 Å². The van der Waals surface area contributed by atoms with E-state index in [0.717, 1.165) is 11.8 Å². The molecule has 13 heavy (non-hydrogen) atoms. The first-order valence-electron chi connectivity index (χ1n) is 5.26. The smallest absolute Gasteiger partial charge is 0.0147 e. The maximum Gasteiger partial charge on any atom is 0.0147 e. The second kappa shape index (κ2) is 5.89. The first-order valence-corrected chi connectivity index (χ1v) is 6.31. The fourth-order valence-electron chi connectivity index (χ4n) is 1.61. The van der Waals surface area contributed by atoms with Gasteiger partial charge in [-0.05, 0) is 25.4 Å². The Labute approximate surface area is 86.2 Å². The van der Waals surface area contributed by atoms with Gasteiger partial charge in [-0.1, -0.05) is 13.8 Å². The van der Waals surface area contributed by atoms with Gasteiger partial charge in [-0.25, -0.2) is 0 Å². The lowest BCUT2D eigenvalue weighted by atomic mass is 10.1. The van der Waals surface area contributed by atoms with Gasteiger partial charge >= 0.3 is 0 Å². The van der Waals surface area contributed by atoms with Gasteiger partial charge in [-0.15, -0.1) is 0 Å². The highest BCUT2D eigenvalue weighted by Gasteiger charge is 2.16. The number of hydrogen-bond acceptors (Lipinski definition) is 3. The van der Waals surface area contributed by atoms with Crippen molar-refractivity contribution in [3.8, 4) is 0 Å². The van der Waals surface area contributed by atoms with E-state index in [1.807, 2.05) is 0 Å². The predicted octanol–water partition coefficient (Wildman–Crippen LogP) is 1.41. The fourth-order valence-corrected chi connectivity index (χ4v) is 2.70. The summed E-state index contributed by atoms with van der Waals surface area (Å²) in [6.07, 6.45) is 1.26. The van der Waals surface area contributed by atoms with E-state index in [9.17, 15) is 0 Å². The molecule has 1 heterocycles. The molecule has 1 rings (SSSR count). The van der Waals surface area contributed by atoms with Crippen LogP contribution < -0.4 is 5.73 Å². The predicted molar refractivity (Wildman–Crippen MR) is 61.2 cm³/mol. The molecule has 0 aliphatic carbocycles. The zero-order valence-corrected chi connectivity index (χ0v) is 9.65. The van der Waals surface area contributed by atoms with Crippen LogP contribution in [-0.4, -0.2) is 42.1 Å². The van der Waals surface area contributed by atoms with Crippen molar-refractivity contribution in [3.05, 3.63) is 0 Å². The van der Waals surface area contributed by atoms with E-state index in [1.165, 1.54) is 31.8 Å². The summed E-state index contributed by atoms with van der Waals surface area (Å²) in [5.74, 6) is 1.99. The minimum absolute atomic E-state index is 0.685. The van der Waals surface area contributed by atoms with Crippen molar-refractivity contribution in [1.29, 1.82) is 0 Å². The zero-order chi connectivity index (χ0) is 9.68. The van der Waals surface area contributed by atoms with Crippen LogP contribution in [0.25, 0.3) is 0 Å². The molecule has 1 saturated heterocycles. The van der Waals surface area contributed by atoms with Gasteiger partial charge in [0.05, 0.1) is 0 Å². The van der Waals surface area contributed by atoms with E-state index in [4.69, 9.17) is 5.73 Å². The molecular formula is C10H22N2S. The molecule has 1 fully saturated rings. The van der Waals surface area contributed by atoms with Gasteiger partial charge < -0.3 is 10.6 Å². The van der Waals surface area contributed by atoms with Crippen LogP contribution >= 0.6 is 11.8 Å². The average Bonchev–Trinajstić information content (AvgIpc) is 2.14. The molecule has 0 amide bonds. The van der Waals surface area contributed by atoms with Crippen LogP contribution in [-0.2, 0) is 0 Å².